The van der Waals surface area contributed by atoms with Crippen molar-refractivity contribution < 1.29 is 26.2 Å². The summed E-state index contributed by atoms with van der Waals surface area (Å²) in [5.74, 6) is 3.08. The molecular weight excluding hydrogens is 452 g/mol. The van der Waals surface area contributed by atoms with Crippen molar-refractivity contribution in [2.45, 2.75) is 55.4 Å². The SMILES string of the molecule is CC(C)C1=[C-]C(C(C)C)C(C(C)C)=C1C(C)C.[Zr+2].c1ccc2c(c1)[cH-]c1ccccc12. The molecule has 0 spiro atoms. The van der Waals surface area contributed by atoms with E-state index in [-0.39, 0.29) is 26.2 Å². The monoisotopic (exact) mass is 488 g/mol. The maximum atomic E-state index is 3.80. The average molecular weight is 490 g/mol. The molecule has 0 saturated heterocycles. The van der Waals surface area contributed by atoms with Crippen LogP contribution >= 0.6 is 0 Å². The Morgan fingerprint density at radius 3 is 1.55 bits per heavy atom. The predicted octanol–water partition coefficient (Wildman–Crippen LogP) is 8.98. The minimum absolute atomic E-state index is 0. The number of rotatable bonds is 4. The molecule has 1 atom stereocenters. The van der Waals surface area contributed by atoms with Gasteiger partial charge in [0, 0.05) is 0 Å². The van der Waals surface area contributed by atoms with Crippen molar-refractivity contribution in [2.24, 2.45) is 29.6 Å². The molecule has 0 saturated carbocycles. The first kappa shape index (κ1) is 25.9. The minimum atomic E-state index is 0. The summed E-state index contributed by atoms with van der Waals surface area (Å²) < 4.78 is 0. The van der Waals surface area contributed by atoms with E-state index < -0.39 is 0 Å². The molecule has 0 radical (unpaired) electrons. The molecule has 3 aromatic rings. The number of hydrogen-bond acceptors (Lipinski definition) is 0. The van der Waals surface area contributed by atoms with Gasteiger partial charge >= 0.3 is 26.2 Å². The van der Waals surface area contributed by atoms with Crippen molar-refractivity contribution in [3.8, 4) is 0 Å². The normalized spacial score (nSPS) is 16.4. The van der Waals surface area contributed by atoms with Crippen molar-refractivity contribution in [1.82, 2.24) is 0 Å². The molecule has 1 aliphatic rings. The van der Waals surface area contributed by atoms with E-state index in [0.717, 1.165) is 0 Å². The first-order valence-corrected chi connectivity index (χ1v) is 11.6. The molecule has 3 aromatic carbocycles. The average Bonchev–Trinajstić information content (AvgIpc) is 3.28. The van der Waals surface area contributed by atoms with Crippen LogP contribution in [0, 0.1) is 35.7 Å². The molecule has 0 heterocycles. The summed E-state index contributed by atoms with van der Waals surface area (Å²) in [6.45, 7) is 18.5. The zero-order valence-electron chi connectivity index (χ0n) is 20.6. The Labute approximate surface area is 209 Å². The van der Waals surface area contributed by atoms with Gasteiger partial charge in [0.25, 0.3) is 0 Å². The van der Waals surface area contributed by atoms with Gasteiger partial charge < -0.3 is 0 Å². The zero-order valence-corrected chi connectivity index (χ0v) is 23.0. The summed E-state index contributed by atoms with van der Waals surface area (Å²) >= 11 is 0. The van der Waals surface area contributed by atoms with Crippen molar-refractivity contribution in [3.05, 3.63) is 77.4 Å². The Kier molecular flexibility index (Phi) is 9.20. The van der Waals surface area contributed by atoms with Gasteiger partial charge in [-0.25, -0.2) is 5.57 Å². The van der Waals surface area contributed by atoms with Crippen LogP contribution in [0.15, 0.2) is 71.3 Å². The summed E-state index contributed by atoms with van der Waals surface area (Å²) in [5, 5.41) is 5.39. The summed E-state index contributed by atoms with van der Waals surface area (Å²) in [7, 11) is 0. The van der Waals surface area contributed by atoms with Gasteiger partial charge in [0.2, 0.25) is 0 Å². The van der Waals surface area contributed by atoms with E-state index in [9.17, 15) is 0 Å². The first-order chi connectivity index (χ1) is 14.2. The molecule has 0 aromatic heterocycles. The smallest absolute Gasteiger partial charge is 0.265 e. The number of benzene rings is 2. The topological polar surface area (TPSA) is 0 Å². The van der Waals surface area contributed by atoms with Gasteiger partial charge in [-0.15, -0.1) is 39.7 Å². The van der Waals surface area contributed by atoms with Crippen LogP contribution in [0.25, 0.3) is 21.5 Å². The molecule has 0 fully saturated rings. The summed E-state index contributed by atoms with van der Waals surface area (Å²) in [4.78, 5) is 0. The quantitative estimate of drug-likeness (QED) is 0.321. The Morgan fingerprint density at radius 1 is 0.677 bits per heavy atom. The number of fused-ring (bicyclic) bond motifs is 3. The minimum Gasteiger partial charge on any atom is -0.265 e. The van der Waals surface area contributed by atoms with Crippen LogP contribution in [0.4, 0.5) is 0 Å². The first-order valence-electron chi connectivity index (χ1n) is 11.6. The van der Waals surface area contributed by atoms with E-state index in [1.54, 1.807) is 11.1 Å². The number of hydrogen-bond donors (Lipinski definition) is 0. The van der Waals surface area contributed by atoms with Gasteiger partial charge in [0.1, 0.15) is 0 Å². The molecule has 0 nitrogen and oxygen atoms in total. The van der Waals surface area contributed by atoms with Crippen molar-refractivity contribution in [3.63, 3.8) is 0 Å². The fourth-order valence-electron chi connectivity index (χ4n) is 4.87. The van der Waals surface area contributed by atoms with E-state index in [4.69, 9.17) is 0 Å². The van der Waals surface area contributed by atoms with E-state index in [2.05, 4.69) is 116 Å². The van der Waals surface area contributed by atoms with Gasteiger partial charge in [-0.3, -0.25) is 6.08 Å². The summed E-state index contributed by atoms with van der Waals surface area (Å²) in [5.41, 5.74) is 4.75. The van der Waals surface area contributed by atoms with Crippen LogP contribution in [-0.4, -0.2) is 0 Å². The van der Waals surface area contributed by atoms with Gasteiger partial charge in [0.05, 0.1) is 0 Å². The number of allylic oxidation sites excluding steroid dienone is 4. The van der Waals surface area contributed by atoms with Gasteiger partial charge in [0.15, 0.2) is 0 Å². The molecule has 4 rings (SSSR count). The largest absolute Gasteiger partial charge is 2.00 e. The molecule has 0 amide bonds. The Bertz CT molecular complexity index is 1010. The van der Waals surface area contributed by atoms with E-state index in [1.165, 1.54) is 27.1 Å². The van der Waals surface area contributed by atoms with Gasteiger partial charge in [-0.1, -0.05) is 115 Å². The van der Waals surface area contributed by atoms with Crippen molar-refractivity contribution >= 4 is 21.5 Å². The Balaban J connectivity index is 0.000000218. The van der Waals surface area contributed by atoms with Gasteiger partial charge in [-0.2, -0.15) is 11.1 Å². The van der Waals surface area contributed by atoms with Crippen LogP contribution in [0.1, 0.15) is 55.4 Å². The van der Waals surface area contributed by atoms with E-state index >= 15 is 0 Å². The molecule has 31 heavy (non-hydrogen) atoms. The van der Waals surface area contributed by atoms with Crippen molar-refractivity contribution in [1.29, 1.82) is 0 Å². The predicted molar refractivity (Wildman–Crippen MR) is 134 cm³/mol. The van der Waals surface area contributed by atoms with Crippen LogP contribution in [0.5, 0.6) is 0 Å². The molecular formula is C30H38Zr. The zero-order chi connectivity index (χ0) is 22.0. The van der Waals surface area contributed by atoms with Crippen LogP contribution in [0.2, 0.25) is 0 Å². The molecule has 1 aliphatic carbocycles. The third-order valence-corrected chi connectivity index (χ3v) is 6.21. The summed E-state index contributed by atoms with van der Waals surface area (Å²) in [6.07, 6.45) is 3.80. The summed E-state index contributed by atoms with van der Waals surface area (Å²) in [6, 6.07) is 19.3. The fourth-order valence-corrected chi connectivity index (χ4v) is 4.87. The molecule has 1 unspecified atom stereocenters. The third-order valence-electron chi connectivity index (χ3n) is 6.21. The fraction of sp³-hybridized carbons (Fsp3) is 0.433. The van der Waals surface area contributed by atoms with E-state index in [0.29, 0.717) is 29.6 Å². The molecule has 0 bridgehead atoms. The maximum Gasteiger partial charge on any atom is 2.00 e. The molecule has 0 aliphatic heterocycles. The maximum absolute atomic E-state index is 3.80. The second-order valence-electron chi connectivity index (χ2n) is 9.93. The molecule has 162 valence electrons. The van der Waals surface area contributed by atoms with Crippen LogP contribution in [-0.2, 0) is 26.2 Å². The second-order valence-corrected chi connectivity index (χ2v) is 9.93. The Morgan fingerprint density at radius 2 is 1.16 bits per heavy atom. The molecule has 1 heteroatoms. The van der Waals surface area contributed by atoms with Gasteiger partial charge in [-0.05, 0) is 5.92 Å². The molecule has 0 N–H and O–H groups in total. The van der Waals surface area contributed by atoms with Crippen molar-refractivity contribution in [2.75, 3.05) is 0 Å². The third kappa shape index (κ3) is 5.54. The van der Waals surface area contributed by atoms with Crippen LogP contribution < -0.4 is 0 Å². The van der Waals surface area contributed by atoms with Crippen LogP contribution in [0.3, 0.4) is 0 Å². The second kappa shape index (κ2) is 11.0. The Hall–Kier alpha value is -1.33. The standard InChI is InChI=1S/C17H29.C13H9.Zr/c1-10(2)14-9-15(11(3)4)17(13(7)8)16(14)12(5)6;1-3-7-12-10(5-1)9-11-6-2-4-8-13(11)12;/h10-14H,1-8H3;1-9H;/q2*-1;+2. The van der Waals surface area contributed by atoms with E-state index in [1.807, 2.05) is 0 Å².